The van der Waals surface area contributed by atoms with Gasteiger partial charge < -0.3 is 25.9 Å². The molecule has 30 heavy (non-hydrogen) atoms. The van der Waals surface area contributed by atoms with Crippen molar-refractivity contribution in [3.8, 4) is 5.75 Å². The van der Waals surface area contributed by atoms with E-state index in [0.29, 0.717) is 29.9 Å². The highest BCUT2D eigenvalue weighted by atomic mass is 19.1. The zero-order valence-corrected chi connectivity index (χ0v) is 17.4. The van der Waals surface area contributed by atoms with Gasteiger partial charge in [-0.3, -0.25) is 9.36 Å². The summed E-state index contributed by atoms with van der Waals surface area (Å²) in [6.45, 7) is 3.57. The maximum atomic E-state index is 15.3. The van der Waals surface area contributed by atoms with Crippen LogP contribution >= 0.6 is 0 Å². The fourth-order valence-electron chi connectivity index (χ4n) is 4.64. The van der Waals surface area contributed by atoms with Crippen molar-refractivity contribution in [2.45, 2.75) is 31.8 Å². The summed E-state index contributed by atoms with van der Waals surface area (Å²) in [5.41, 5.74) is 5.44. The molecular weight excluding hydrogens is 393 g/mol. The SMILES string of the molecule is COC[C@H](N)[C@H]1CN(c2c(F)cc3c(=O)n(N)c(=O)n(C4CC4)c3c2OC)C[C@H]1C. The summed E-state index contributed by atoms with van der Waals surface area (Å²) in [6, 6.07) is 0.895. The summed E-state index contributed by atoms with van der Waals surface area (Å²) >= 11 is 0. The van der Waals surface area contributed by atoms with Crippen molar-refractivity contribution in [1.29, 1.82) is 0 Å². The van der Waals surface area contributed by atoms with Crippen LogP contribution < -0.4 is 32.5 Å². The number of anilines is 1. The van der Waals surface area contributed by atoms with E-state index in [2.05, 4.69) is 6.92 Å². The third-order valence-electron chi connectivity index (χ3n) is 6.30. The molecular formula is C20H28FN5O4. The summed E-state index contributed by atoms with van der Waals surface area (Å²) in [7, 11) is 3.02. The monoisotopic (exact) mass is 421 g/mol. The van der Waals surface area contributed by atoms with Gasteiger partial charge in [0.1, 0.15) is 11.2 Å². The van der Waals surface area contributed by atoms with Crippen LogP contribution in [-0.4, -0.2) is 49.2 Å². The Hall–Kier alpha value is -2.59. The summed E-state index contributed by atoms with van der Waals surface area (Å²) in [4.78, 5) is 27.2. The normalized spacial score (nSPS) is 22.6. The second-order valence-corrected chi connectivity index (χ2v) is 8.36. The Labute approximate surface area is 172 Å². The molecule has 1 saturated carbocycles. The molecule has 10 heteroatoms. The molecule has 2 fully saturated rings. The lowest BCUT2D eigenvalue weighted by atomic mass is 9.91. The number of fused-ring (bicyclic) bond motifs is 1. The summed E-state index contributed by atoms with van der Waals surface area (Å²) in [5.74, 6) is 5.58. The van der Waals surface area contributed by atoms with Crippen molar-refractivity contribution in [1.82, 2.24) is 9.24 Å². The first-order valence-electron chi connectivity index (χ1n) is 10.1. The first-order chi connectivity index (χ1) is 14.3. The maximum Gasteiger partial charge on any atom is 0.350 e. The van der Waals surface area contributed by atoms with Gasteiger partial charge >= 0.3 is 5.69 Å². The molecule has 1 aliphatic carbocycles. The van der Waals surface area contributed by atoms with Gasteiger partial charge in [0.25, 0.3) is 5.56 Å². The summed E-state index contributed by atoms with van der Waals surface area (Å²) in [5, 5.41) is 0.0296. The molecule has 1 aromatic carbocycles. The Kier molecular flexibility index (Phi) is 5.23. The number of aromatic nitrogens is 2. The second kappa shape index (κ2) is 7.59. The quantitative estimate of drug-likeness (QED) is 0.649. The minimum Gasteiger partial charge on any atom is -0.492 e. The van der Waals surface area contributed by atoms with Crippen molar-refractivity contribution in [3.63, 3.8) is 0 Å². The van der Waals surface area contributed by atoms with Gasteiger partial charge in [-0.1, -0.05) is 6.92 Å². The molecule has 0 radical (unpaired) electrons. The van der Waals surface area contributed by atoms with Gasteiger partial charge in [-0.05, 0) is 30.7 Å². The van der Waals surface area contributed by atoms with E-state index < -0.39 is 17.1 Å². The topological polar surface area (TPSA) is 118 Å². The smallest absolute Gasteiger partial charge is 0.350 e. The van der Waals surface area contributed by atoms with Gasteiger partial charge in [0.05, 0.1) is 19.1 Å². The van der Waals surface area contributed by atoms with Gasteiger partial charge in [-0.15, -0.1) is 0 Å². The largest absolute Gasteiger partial charge is 0.492 e. The highest BCUT2D eigenvalue weighted by Gasteiger charge is 2.38. The van der Waals surface area contributed by atoms with Crippen LogP contribution in [-0.2, 0) is 4.74 Å². The Balaban J connectivity index is 1.91. The second-order valence-electron chi connectivity index (χ2n) is 8.36. The van der Waals surface area contributed by atoms with Crippen LogP contribution in [0.2, 0.25) is 0 Å². The fourth-order valence-corrected chi connectivity index (χ4v) is 4.64. The zero-order chi connectivity index (χ0) is 21.7. The van der Waals surface area contributed by atoms with Crippen molar-refractivity contribution in [3.05, 3.63) is 32.7 Å². The van der Waals surface area contributed by atoms with E-state index in [0.717, 1.165) is 18.9 Å². The van der Waals surface area contributed by atoms with Crippen LogP contribution in [0.5, 0.6) is 5.75 Å². The Morgan fingerprint density at radius 3 is 2.57 bits per heavy atom. The number of ether oxygens (including phenoxy) is 2. The van der Waals surface area contributed by atoms with Gasteiger partial charge in [-0.2, -0.15) is 4.68 Å². The van der Waals surface area contributed by atoms with Crippen LogP contribution in [0.25, 0.3) is 10.9 Å². The molecule has 1 aromatic heterocycles. The number of benzene rings is 1. The van der Waals surface area contributed by atoms with E-state index in [9.17, 15) is 9.59 Å². The predicted molar refractivity (Wildman–Crippen MR) is 112 cm³/mol. The molecule has 0 spiro atoms. The minimum atomic E-state index is -0.745. The van der Waals surface area contributed by atoms with Crippen LogP contribution in [0, 0.1) is 17.7 Å². The number of halogens is 1. The molecule has 2 heterocycles. The van der Waals surface area contributed by atoms with E-state index >= 15 is 4.39 Å². The number of rotatable bonds is 6. The molecule has 1 aliphatic heterocycles. The first-order valence-corrected chi connectivity index (χ1v) is 10.1. The van der Waals surface area contributed by atoms with E-state index in [-0.39, 0.29) is 40.7 Å². The van der Waals surface area contributed by atoms with Crippen LogP contribution in [0.15, 0.2) is 15.7 Å². The van der Waals surface area contributed by atoms with Crippen molar-refractivity contribution in [2.24, 2.45) is 17.6 Å². The molecule has 2 aromatic rings. The standard InChI is InChI=1S/C20H28FN5O4/c1-10-7-24(8-13(10)15(22)9-29-2)17-14(21)6-12-16(18(17)30-3)25(11-4-5-11)20(28)26(23)19(12)27/h6,10-11,13,15H,4-5,7-9,22-23H2,1-3H3/t10-,13+,15+/m1/s1. The maximum absolute atomic E-state index is 15.3. The minimum absolute atomic E-state index is 0.0296. The lowest BCUT2D eigenvalue weighted by Gasteiger charge is -2.25. The van der Waals surface area contributed by atoms with Crippen molar-refractivity contribution in [2.75, 3.05) is 44.7 Å². The highest BCUT2D eigenvalue weighted by Crippen LogP contribution is 2.44. The Bertz CT molecular complexity index is 1090. The van der Waals surface area contributed by atoms with Gasteiger partial charge in [0.15, 0.2) is 11.6 Å². The molecule has 1 saturated heterocycles. The Morgan fingerprint density at radius 2 is 1.97 bits per heavy atom. The molecule has 4 N–H and O–H groups in total. The molecule has 0 unspecified atom stereocenters. The van der Waals surface area contributed by atoms with Gasteiger partial charge in [-0.25, -0.2) is 9.18 Å². The third-order valence-corrected chi connectivity index (χ3v) is 6.30. The first kappa shape index (κ1) is 20.7. The number of nitrogen functional groups attached to an aromatic ring is 1. The third kappa shape index (κ3) is 3.14. The number of hydrogen-bond acceptors (Lipinski definition) is 7. The molecule has 0 amide bonds. The van der Waals surface area contributed by atoms with Crippen LogP contribution in [0.3, 0.4) is 0 Å². The molecule has 164 valence electrons. The molecule has 9 nitrogen and oxygen atoms in total. The number of nitrogens with zero attached hydrogens (tertiary/aromatic N) is 3. The Morgan fingerprint density at radius 1 is 1.27 bits per heavy atom. The zero-order valence-electron chi connectivity index (χ0n) is 17.4. The molecule has 0 bridgehead atoms. The average molecular weight is 421 g/mol. The predicted octanol–water partition coefficient (Wildman–Crippen LogP) is 0.406. The van der Waals surface area contributed by atoms with E-state index in [1.807, 2.05) is 4.90 Å². The van der Waals surface area contributed by atoms with Crippen molar-refractivity contribution >= 4 is 16.6 Å². The number of methoxy groups -OCH3 is 2. The fraction of sp³-hybridized carbons (Fsp3) is 0.600. The van der Waals surface area contributed by atoms with E-state index in [1.165, 1.54) is 11.7 Å². The molecule has 4 rings (SSSR count). The van der Waals surface area contributed by atoms with E-state index in [4.69, 9.17) is 21.1 Å². The van der Waals surface area contributed by atoms with Crippen LogP contribution in [0.4, 0.5) is 10.1 Å². The average Bonchev–Trinajstić information content (AvgIpc) is 3.47. The highest BCUT2D eigenvalue weighted by molar-refractivity contribution is 5.91. The summed E-state index contributed by atoms with van der Waals surface area (Å²) < 4.78 is 28.1. The van der Waals surface area contributed by atoms with Crippen molar-refractivity contribution < 1.29 is 13.9 Å². The molecule has 2 aliphatic rings. The van der Waals surface area contributed by atoms with Gasteiger partial charge in [0, 0.05) is 32.3 Å². The van der Waals surface area contributed by atoms with E-state index in [1.54, 1.807) is 7.11 Å². The van der Waals surface area contributed by atoms with Crippen LogP contribution in [0.1, 0.15) is 25.8 Å². The number of nitrogens with two attached hydrogens (primary N) is 2. The lowest BCUT2D eigenvalue weighted by molar-refractivity contribution is 0.152. The summed E-state index contributed by atoms with van der Waals surface area (Å²) in [6.07, 6.45) is 1.58. The number of hydrogen-bond donors (Lipinski definition) is 2. The molecule has 3 atom stereocenters. The lowest BCUT2D eigenvalue weighted by Crippen LogP contribution is -2.44. The van der Waals surface area contributed by atoms with Gasteiger partial charge in [0.2, 0.25) is 0 Å².